The Hall–Kier alpha value is -3.76. The fourth-order valence-corrected chi connectivity index (χ4v) is 2.67. The van der Waals surface area contributed by atoms with Crippen LogP contribution in [0.2, 0.25) is 0 Å². The van der Waals surface area contributed by atoms with Crippen molar-refractivity contribution in [3.63, 3.8) is 0 Å². The first-order valence-corrected chi connectivity index (χ1v) is 8.46. The molecule has 146 valence electrons. The van der Waals surface area contributed by atoms with Gasteiger partial charge in [-0.1, -0.05) is 0 Å². The van der Waals surface area contributed by atoms with Gasteiger partial charge in [0.1, 0.15) is 5.56 Å². The van der Waals surface area contributed by atoms with Crippen molar-refractivity contribution in [3.05, 3.63) is 72.5 Å². The van der Waals surface area contributed by atoms with Crippen LogP contribution in [-0.4, -0.2) is 41.6 Å². The molecule has 2 N–H and O–H groups in total. The molecule has 11 nitrogen and oxygen atoms in total. The molecule has 0 aliphatic heterocycles. The van der Waals surface area contributed by atoms with Crippen LogP contribution >= 0.6 is 0 Å². The Bertz CT molecular complexity index is 1220. The van der Waals surface area contributed by atoms with Crippen LogP contribution in [0.4, 0.5) is 0 Å². The molecule has 0 aliphatic rings. The van der Waals surface area contributed by atoms with Crippen LogP contribution in [0.5, 0.6) is 0 Å². The molecule has 0 bridgehead atoms. The first kappa shape index (κ1) is 19.0. The molecule has 28 heavy (non-hydrogen) atoms. The van der Waals surface area contributed by atoms with Crippen LogP contribution in [-0.2, 0) is 13.6 Å². The third-order valence-electron chi connectivity index (χ3n) is 4.11. The number of nitrogens with one attached hydrogen (secondary N) is 2. The third-order valence-corrected chi connectivity index (χ3v) is 4.11. The van der Waals surface area contributed by atoms with Gasteiger partial charge in [-0.3, -0.25) is 19.0 Å². The van der Waals surface area contributed by atoms with E-state index in [2.05, 4.69) is 20.5 Å². The minimum absolute atomic E-state index is 0.0641. The van der Waals surface area contributed by atoms with E-state index < -0.39 is 17.2 Å². The average Bonchev–Trinajstić information content (AvgIpc) is 2.99. The van der Waals surface area contributed by atoms with Gasteiger partial charge in [0, 0.05) is 31.5 Å². The lowest BCUT2D eigenvalue weighted by atomic mass is 10.3. The highest BCUT2D eigenvalue weighted by atomic mass is 16.2. The zero-order valence-electron chi connectivity index (χ0n) is 15.6. The summed E-state index contributed by atoms with van der Waals surface area (Å²) in [6.07, 6.45) is 1.06. The quantitative estimate of drug-likeness (QED) is 0.570. The number of rotatable bonds is 5. The lowest BCUT2D eigenvalue weighted by Crippen LogP contribution is -2.40. The Morgan fingerprint density at radius 1 is 1.18 bits per heavy atom. The molecular weight excluding hydrogens is 366 g/mol. The molecule has 1 amide bonds. The smallest absolute Gasteiger partial charge is 0.328 e. The maximum Gasteiger partial charge on any atom is 0.328 e. The summed E-state index contributed by atoms with van der Waals surface area (Å²) in [6, 6.07) is 4.83. The molecule has 3 rings (SSSR count). The standard InChI is InChI=1S/C17H19N7O4/c1-10-8-11(2)24(20-10)13-4-5-14(25)23(21-13)7-6-18-15(26)12-9-19-17(28)22(3)16(12)27/h4-5,8-9H,6-7H2,1-3H3,(H,18,26)(H,19,28). The van der Waals surface area contributed by atoms with E-state index in [4.69, 9.17) is 0 Å². The molecule has 0 saturated carbocycles. The topological polar surface area (TPSA) is 137 Å². The Morgan fingerprint density at radius 3 is 2.61 bits per heavy atom. The van der Waals surface area contributed by atoms with E-state index in [0.29, 0.717) is 5.82 Å². The van der Waals surface area contributed by atoms with Gasteiger partial charge in [-0.15, -0.1) is 5.10 Å². The maximum absolute atomic E-state index is 12.2. The summed E-state index contributed by atoms with van der Waals surface area (Å²) >= 11 is 0. The van der Waals surface area contributed by atoms with Crippen LogP contribution in [0.15, 0.2) is 38.8 Å². The SMILES string of the molecule is Cc1cc(C)n(-c2ccc(=O)n(CCNC(=O)c3c[nH]c(=O)n(C)c3=O)n2)n1. The third kappa shape index (κ3) is 3.68. The summed E-state index contributed by atoms with van der Waals surface area (Å²) in [5, 5.41) is 11.1. The van der Waals surface area contributed by atoms with Crippen LogP contribution in [0.3, 0.4) is 0 Å². The highest BCUT2D eigenvalue weighted by molar-refractivity contribution is 5.93. The second-order valence-corrected chi connectivity index (χ2v) is 6.22. The van der Waals surface area contributed by atoms with Crippen molar-refractivity contribution in [2.75, 3.05) is 6.54 Å². The summed E-state index contributed by atoms with van der Waals surface area (Å²) < 4.78 is 3.63. The molecule has 3 aromatic heterocycles. The summed E-state index contributed by atoms with van der Waals surface area (Å²) in [6.45, 7) is 3.90. The normalized spacial score (nSPS) is 10.8. The van der Waals surface area contributed by atoms with Gasteiger partial charge in [0.25, 0.3) is 17.0 Å². The number of H-pyrrole nitrogens is 1. The minimum atomic E-state index is -0.705. The molecule has 3 heterocycles. The zero-order chi connectivity index (χ0) is 20.4. The number of hydrogen-bond donors (Lipinski definition) is 2. The second-order valence-electron chi connectivity index (χ2n) is 6.22. The van der Waals surface area contributed by atoms with Gasteiger partial charge in [-0.25, -0.2) is 14.2 Å². The van der Waals surface area contributed by atoms with E-state index in [-0.39, 0.29) is 24.2 Å². The van der Waals surface area contributed by atoms with Crippen LogP contribution in [0, 0.1) is 13.8 Å². The number of nitrogens with zero attached hydrogens (tertiary/aromatic N) is 5. The first-order valence-electron chi connectivity index (χ1n) is 8.46. The van der Waals surface area contributed by atoms with Crippen LogP contribution < -0.4 is 22.1 Å². The summed E-state index contributed by atoms with van der Waals surface area (Å²) in [7, 11) is 1.27. The van der Waals surface area contributed by atoms with Crippen molar-refractivity contribution in [1.82, 2.24) is 34.4 Å². The Morgan fingerprint density at radius 2 is 1.93 bits per heavy atom. The summed E-state index contributed by atoms with van der Waals surface area (Å²) in [5.41, 5.74) is -0.149. The van der Waals surface area contributed by atoms with Crippen molar-refractivity contribution in [2.45, 2.75) is 20.4 Å². The number of aryl methyl sites for hydroxylation is 2. The molecule has 0 radical (unpaired) electrons. The van der Waals surface area contributed by atoms with Crippen molar-refractivity contribution in [3.8, 4) is 5.82 Å². The van der Waals surface area contributed by atoms with Gasteiger partial charge in [0.15, 0.2) is 5.82 Å². The van der Waals surface area contributed by atoms with E-state index in [1.807, 2.05) is 19.9 Å². The predicted molar refractivity (Wildman–Crippen MR) is 99.7 cm³/mol. The van der Waals surface area contributed by atoms with Gasteiger partial charge >= 0.3 is 5.69 Å². The fourth-order valence-electron chi connectivity index (χ4n) is 2.67. The number of carbonyl (C=O) groups excluding carboxylic acids is 1. The second kappa shape index (κ2) is 7.47. The molecule has 0 fully saturated rings. The fraction of sp³-hybridized carbons (Fsp3) is 0.294. The Kier molecular flexibility index (Phi) is 5.07. The molecule has 0 unspecified atom stereocenters. The lowest BCUT2D eigenvalue weighted by molar-refractivity contribution is 0.0949. The van der Waals surface area contributed by atoms with Crippen LogP contribution in [0.25, 0.3) is 5.82 Å². The highest BCUT2D eigenvalue weighted by Gasteiger charge is 2.13. The van der Waals surface area contributed by atoms with E-state index >= 15 is 0 Å². The molecule has 0 saturated heterocycles. The van der Waals surface area contributed by atoms with E-state index in [0.717, 1.165) is 22.2 Å². The summed E-state index contributed by atoms with van der Waals surface area (Å²) in [5.74, 6) is -0.175. The number of aromatic amines is 1. The molecule has 3 aromatic rings. The molecule has 0 aliphatic carbocycles. The van der Waals surface area contributed by atoms with Gasteiger partial charge in [0.2, 0.25) is 0 Å². The molecule has 0 aromatic carbocycles. The number of hydrogen-bond acceptors (Lipinski definition) is 6. The Labute approximate surface area is 158 Å². The van der Waals surface area contributed by atoms with Gasteiger partial charge in [-0.2, -0.15) is 5.10 Å². The van der Waals surface area contributed by atoms with E-state index in [1.54, 1.807) is 10.7 Å². The first-order chi connectivity index (χ1) is 13.3. The van der Waals surface area contributed by atoms with Gasteiger partial charge < -0.3 is 10.3 Å². The predicted octanol–water partition coefficient (Wildman–Crippen LogP) is -1.14. The van der Waals surface area contributed by atoms with Crippen LogP contribution in [0.1, 0.15) is 21.7 Å². The Balaban J connectivity index is 1.74. The minimum Gasteiger partial charge on any atom is -0.350 e. The van der Waals surface area contributed by atoms with E-state index in [9.17, 15) is 19.2 Å². The monoisotopic (exact) mass is 385 g/mol. The number of aromatic nitrogens is 6. The number of carbonyl (C=O) groups is 1. The van der Waals surface area contributed by atoms with Gasteiger partial charge in [0.05, 0.1) is 12.2 Å². The highest BCUT2D eigenvalue weighted by Crippen LogP contribution is 2.07. The van der Waals surface area contributed by atoms with Crippen molar-refractivity contribution in [2.24, 2.45) is 7.05 Å². The molecule has 0 spiro atoms. The molecular formula is C17H19N7O4. The largest absolute Gasteiger partial charge is 0.350 e. The lowest BCUT2D eigenvalue weighted by Gasteiger charge is -2.09. The van der Waals surface area contributed by atoms with Crippen molar-refractivity contribution < 1.29 is 4.79 Å². The maximum atomic E-state index is 12.2. The van der Waals surface area contributed by atoms with E-state index in [1.165, 1.54) is 17.8 Å². The zero-order valence-corrected chi connectivity index (χ0v) is 15.6. The average molecular weight is 385 g/mol. The number of amides is 1. The van der Waals surface area contributed by atoms with Gasteiger partial charge in [-0.05, 0) is 26.0 Å². The molecule has 0 atom stereocenters. The van der Waals surface area contributed by atoms with Crippen molar-refractivity contribution in [1.29, 1.82) is 0 Å². The molecule has 11 heteroatoms. The summed E-state index contributed by atoms with van der Waals surface area (Å²) in [4.78, 5) is 49.8. The van der Waals surface area contributed by atoms with Crippen molar-refractivity contribution >= 4 is 5.91 Å².